The van der Waals surface area contributed by atoms with Crippen molar-refractivity contribution in [2.24, 2.45) is 0 Å². The Balaban J connectivity index is 0.000000143. The Labute approximate surface area is 698 Å². The van der Waals surface area contributed by atoms with E-state index in [1.807, 2.05) is 38.1 Å². The number of benzene rings is 20. The number of hydrogen-bond donors (Lipinski definition) is 0. The van der Waals surface area contributed by atoms with Gasteiger partial charge in [0.1, 0.15) is 103 Å². The van der Waals surface area contributed by atoms with Crippen molar-refractivity contribution < 1.29 is 61.6 Å². The van der Waals surface area contributed by atoms with Gasteiger partial charge in [-0.3, -0.25) is 0 Å². The fourth-order valence-corrected chi connectivity index (χ4v) is 19.8. The molecule has 0 aliphatic heterocycles. The third-order valence-corrected chi connectivity index (χ3v) is 24.9. The van der Waals surface area contributed by atoms with E-state index in [1.165, 1.54) is 58.7 Å². The van der Waals surface area contributed by atoms with Crippen molar-refractivity contribution in [3.05, 3.63) is 358 Å². The second kappa shape index (κ2) is 27.2. The maximum Gasteiger partial charge on any atom is 0.143 e. The number of hydrogen-bond acceptors (Lipinski definition) is 4. The standard InChI is InChI=1S/C58H40F2O2.C52H22F8O2/c1-29-15-30(2)18-37(17-29)35-7-11-45-49-25-39-23-48(44-14-10-42(60)22-34(44)6)56-54-40(24-47(43-13-9-41(59)21-33(43)5)55(53(39)54)57(49)61-51(45)27-35)26-50-46-12-8-36(28-52(46)62-58(50)56)38-19-31(3)16-32(4)20-38;53-29-3-7-35(43(59)21-29)39-14-28-16-42-38-6-2-24(26-11-33(57)20-34(58)12-26)18-46(38)62-52(42)50-40(36-8-4-30(54)22-44(36)60)13-27-15-41-37-5-1-23(25-9-31(55)19-32(56)10-25)17-45(37)61-51(41)49(39)47(27)48(28)50/h7-28H,1-6H3;1-22H. The van der Waals surface area contributed by atoms with Crippen molar-refractivity contribution in [2.45, 2.75) is 41.5 Å². The maximum atomic E-state index is 16.1. The average Bonchev–Trinajstić information content (AvgIpc) is 1.42. The molecule has 0 unspecified atom stereocenters. The minimum Gasteiger partial charge on any atom is -0.455 e. The predicted octanol–water partition coefficient (Wildman–Crippen LogP) is 33.3. The van der Waals surface area contributed by atoms with Crippen LogP contribution >= 0.6 is 0 Å². The minimum atomic E-state index is -0.839. The first-order valence-corrected chi connectivity index (χ1v) is 40.5. The van der Waals surface area contributed by atoms with Gasteiger partial charge in [-0.05, 0) is 322 Å². The Hall–Kier alpha value is -15.0. The van der Waals surface area contributed by atoms with Gasteiger partial charge in [-0.2, -0.15) is 0 Å². The van der Waals surface area contributed by atoms with Crippen molar-refractivity contribution in [1.29, 1.82) is 0 Å². The summed E-state index contributed by atoms with van der Waals surface area (Å²) in [5, 5.41) is 15.6. The van der Waals surface area contributed by atoms with Gasteiger partial charge in [0.05, 0.1) is 0 Å². The van der Waals surface area contributed by atoms with Crippen molar-refractivity contribution in [1.82, 2.24) is 0 Å². The zero-order valence-electron chi connectivity index (χ0n) is 66.8. The van der Waals surface area contributed by atoms with Gasteiger partial charge >= 0.3 is 0 Å². The third kappa shape index (κ3) is 11.7. The third-order valence-electron chi connectivity index (χ3n) is 24.9. The molecule has 24 rings (SSSR count). The Bertz CT molecular complexity index is 7740. The van der Waals surface area contributed by atoms with Crippen LogP contribution < -0.4 is 0 Å². The molecule has 124 heavy (non-hydrogen) atoms. The molecule has 0 atom stereocenters. The lowest BCUT2D eigenvalue weighted by molar-refractivity contribution is 0.583. The monoisotopic (exact) mass is 1640 g/mol. The molecule has 0 N–H and O–H groups in total. The van der Waals surface area contributed by atoms with E-state index in [2.05, 4.69) is 125 Å². The van der Waals surface area contributed by atoms with E-state index in [0.29, 0.717) is 98.4 Å². The van der Waals surface area contributed by atoms with Crippen LogP contribution in [0, 0.1) is 99.7 Å². The highest BCUT2D eigenvalue weighted by molar-refractivity contribution is 6.41. The molecule has 20 aromatic carbocycles. The fraction of sp³-hybridized carbons (Fsp3) is 0.0545. The van der Waals surface area contributed by atoms with E-state index in [1.54, 1.807) is 72.8 Å². The van der Waals surface area contributed by atoms with Crippen molar-refractivity contribution in [3.8, 4) is 89.0 Å². The van der Waals surface area contributed by atoms with Crippen LogP contribution in [-0.2, 0) is 0 Å². The minimum absolute atomic E-state index is 0.0631. The molecule has 0 saturated carbocycles. The van der Waals surface area contributed by atoms with Crippen LogP contribution in [-0.4, -0.2) is 0 Å². The molecule has 0 saturated heterocycles. The Morgan fingerprint density at radius 2 is 0.419 bits per heavy atom. The molecule has 0 radical (unpaired) electrons. The zero-order valence-corrected chi connectivity index (χ0v) is 66.8. The summed E-state index contributed by atoms with van der Waals surface area (Å²) in [6.07, 6.45) is 0. The molecule has 4 aromatic heterocycles. The largest absolute Gasteiger partial charge is 0.455 e. The summed E-state index contributed by atoms with van der Waals surface area (Å²) in [5.41, 5.74) is 21.6. The van der Waals surface area contributed by atoms with Crippen molar-refractivity contribution in [3.63, 3.8) is 0 Å². The molecule has 4 heterocycles. The number of rotatable bonds is 8. The van der Waals surface area contributed by atoms with Gasteiger partial charge in [0.2, 0.25) is 0 Å². The Kier molecular flexibility index (Phi) is 16.3. The molecular weight excluding hydrogens is 1580 g/mol. The smallest absolute Gasteiger partial charge is 0.143 e. The van der Waals surface area contributed by atoms with Crippen LogP contribution in [0.2, 0.25) is 0 Å². The van der Waals surface area contributed by atoms with E-state index in [-0.39, 0.29) is 33.9 Å². The lowest BCUT2D eigenvalue weighted by Gasteiger charge is -2.20. The Morgan fingerprint density at radius 3 is 0.685 bits per heavy atom. The van der Waals surface area contributed by atoms with E-state index in [0.717, 1.165) is 168 Å². The summed E-state index contributed by atoms with van der Waals surface area (Å²) in [4.78, 5) is 0. The highest BCUT2D eigenvalue weighted by Gasteiger charge is 2.31. The van der Waals surface area contributed by atoms with Crippen molar-refractivity contribution >= 4 is 152 Å². The lowest BCUT2D eigenvalue weighted by atomic mass is 9.83. The van der Waals surface area contributed by atoms with Crippen molar-refractivity contribution in [2.75, 3.05) is 0 Å². The van der Waals surface area contributed by atoms with Crippen LogP contribution in [0.25, 0.3) is 241 Å². The van der Waals surface area contributed by atoms with E-state index in [9.17, 15) is 35.1 Å². The molecule has 14 heteroatoms. The summed E-state index contributed by atoms with van der Waals surface area (Å²) in [6, 6.07) is 75.6. The van der Waals surface area contributed by atoms with Gasteiger partial charge in [-0.25, -0.2) is 43.9 Å². The SMILES string of the molecule is Cc1cc(C)cc(-c2ccc3c(c2)oc2c3cc3cc(-c4ccc(F)cc4C)c4c5oc6cc(-c7cc(C)cc(C)c7)ccc6c5cc5cc(-c6ccc(F)cc6C)c2c3c54)c1.Fc1cc(F)cc(-c2ccc3c(c2)oc2c3cc3cc(-c4ccc(F)cc4F)c4c5oc6cc(-c7cc(F)cc(F)c7)ccc6c5cc5cc(-c6ccc(F)cc6F)c2c3c54)c1. The normalized spacial score (nSPS) is 12.2. The second-order valence-electron chi connectivity index (χ2n) is 33.1. The first kappa shape index (κ1) is 74.1. The zero-order chi connectivity index (χ0) is 84.6. The summed E-state index contributed by atoms with van der Waals surface area (Å²) in [5.74, 6) is -6.82. The molecule has 0 amide bonds. The van der Waals surface area contributed by atoms with Gasteiger partial charge in [-0.15, -0.1) is 0 Å². The van der Waals surface area contributed by atoms with Crippen LogP contribution in [0.4, 0.5) is 43.9 Å². The van der Waals surface area contributed by atoms with Gasteiger partial charge in [0.15, 0.2) is 0 Å². The van der Waals surface area contributed by atoms with E-state index < -0.39 is 46.5 Å². The van der Waals surface area contributed by atoms with Crippen LogP contribution in [0.1, 0.15) is 33.4 Å². The van der Waals surface area contributed by atoms with Gasteiger partial charge in [-0.1, -0.05) is 95.1 Å². The van der Waals surface area contributed by atoms with E-state index in [4.69, 9.17) is 17.7 Å². The number of aryl methyl sites for hydroxylation is 6. The molecule has 4 nitrogen and oxygen atoms in total. The highest BCUT2D eigenvalue weighted by Crippen LogP contribution is 2.56. The first-order valence-electron chi connectivity index (χ1n) is 40.5. The van der Waals surface area contributed by atoms with Gasteiger partial charge in [0, 0.05) is 122 Å². The summed E-state index contributed by atoms with van der Waals surface area (Å²) in [6.45, 7) is 12.4. The van der Waals surface area contributed by atoms with Crippen LogP contribution in [0.3, 0.4) is 0 Å². The number of halogens is 10. The second-order valence-corrected chi connectivity index (χ2v) is 33.1. The molecule has 596 valence electrons. The summed E-state index contributed by atoms with van der Waals surface area (Å²) >= 11 is 0. The van der Waals surface area contributed by atoms with Crippen LogP contribution in [0.15, 0.2) is 285 Å². The molecule has 0 aliphatic rings. The molecule has 0 aliphatic carbocycles. The molecule has 24 aromatic rings. The number of furan rings is 4. The fourth-order valence-electron chi connectivity index (χ4n) is 19.8. The van der Waals surface area contributed by atoms with Crippen LogP contribution in [0.5, 0.6) is 0 Å². The average molecular weight is 1640 g/mol. The number of fused-ring (bicyclic) bond motifs is 16. The molecule has 0 bridgehead atoms. The molecule has 0 fully saturated rings. The maximum absolute atomic E-state index is 16.1. The lowest BCUT2D eigenvalue weighted by Crippen LogP contribution is -1.95. The first-order chi connectivity index (χ1) is 59.9. The van der Waals surface area contributed by atoms with Gasteiger partial charge < -0.3 is 17.7 Å². The van der Waals surface area contributed by atoms with E-state index >= 15 is 8.78 Å². The molecular formula is C110H62F10O4. The highest BCUT2D eigenvalue weighted by atomic mass is 19.2. The quantitative estimate of drug-likeness (QED) is 0.112. The molecule has 0 spiro atoms. The summed E-state index contributed by atoms with van der Waals surface area (Å²) in [7, 11) is 0. The van der Waals surface area contributed by atoms with Gasteiger partial charge in [0.25, 0.3) is 0 Å². The predicted molar refractivity (Wildman–Crippen MR) is 481 cm³/mol. The topological polar surface area (TPSA) is 52.6 Å². The Morgan fingerprint density at radius 1 is 0.169 bits per heavy atom. The summed E-state index contributed by atoms with van der Waals surface area (Å²) < 4.78 is 176.